The van der Waals surface area contributed by atoms with Crippen molar-refractivity contribution in [3.8, 4) is 0 Å². The molecule has 1 heteroatoms. The summed E-state index contributed by atoms with van der Waals surface area (Å²) in [7, 11) is 0. The van der Waals surface area contributed by atoms with Crippen molar-refractivity contribution >= 4 is 0 Å². The number of hydrogen-bond acceptors (Lipinski definition) is 1. The predicted molar refractivity (Wildman–Crippen MR) is 81.7 cm³/mol. The van der Waals surface area contributed by atoms with Gasteiger partial charge in [-0.25, -0.2) is 0 Å². The summed E-state index contributed by atoms with van der Waals surface area (Å²) in [5.74, 6) is 0. The second-order valence-electron chi connectivity index (χ2n) is 4.84. The zero-order valence-electron chi connectivity index (χ0n) is 12.0. The van der Waals surface area contributed by atoms with Crippen molar-refractivity contribution in [2.24, 2.45) is 0 Å². The standard InChI is InChI=1S/C17H30O/c1-3-5-7-8-9-10-11-12-14-16-17(18)15-13-6-4-2/h3,5,7-9,17-18H,1,4,6,10-16H2,2H3. The summed E-state index contributed by atoms with van der Waals surface area (Å²) in [6.07, 6.45) is 20.3. The molecule has 0 aromatic carbocycles. The quantitative estimate of drug-likeness (QED) is 0.374. The molecule has 0 aromatic heterocycles. The zero-order chi connectivity index (χ0) is 13.5. The lowest BCUT2D eigenvalue weighted by atomic mass is 10.0. The summed E-state index contributed by atoms with van der Waals surface area (Å²) < 4.78 is 0. The molecule has 0 aliphatic heterocycles. The van der Waals surface area contributed by atoms with Gasteiger partial charge in [0.25, 0.3) is 0 Å². The largest absolute Gasteiger partial charge is 0.393 e. The van der Waals surface area contributed by atoms with Gasteiger partial charge >= 0.3 is 0 Å². The second kappa shape index (κ2) is 14.2. The third-order valence-corrected chi connectivity index (χ3v) is 3.04. The van der Waals surface area contributed by atoms with Crippen molar-refractivity contribution in [3.63, 3.8) is 0 Å². The number of rotatable bonds is 12. The average molecular weight is 250 g/mol. The van der Waals surface area contributed by atoms with Gasteiger partial charge in [0.1, 0.15) is 0 Å². The van der Waals surface area contributed by atoms with Crippen molar-refractivity contribution in [1.82, 2.24) is 0 Å². The molecule has 0 heterocycles. The highest BCUT2D eigenvalue weighted by Crippen LogP contribution is 2.11. The number of hydrogen-bond donors (Lipinski definition) is 1. The summed E-state index contributed by atoms with van der Waals surface area (Å²) in [6.45, 7) is 5.82. The summed E-state index contributed by atoms with van der Waals surface area (Å²) in [5.41, 5.74) is 0. The van der Waals surface area contributed by atoms with Crippen molar-refractivity contribution in [2.75, 3.05) is 0 Å². The summed E-state index contributed by atoms with van der Waals surface area (Å²) in [4.78, 5) is 0. The normalized spacial score (nSPS) is 13.4. The van der Waals surface area contributed by atoms with Crippen LogP contribution in [0.25, 0.3) is 0 Å². The third kappa shape index (κ3) is 13.2. The van der Waals surface area contributed by atoms with Gasteiger partial charge in [-0.15, -0.1) is 0 Å². The Morgan fingerprint density at radius 3 is 2.33 bits per heavy atom. The molecule has 0 radical (unpaired) electrons. The number of unbranched alkanes of at least 4 members (excludes halogenated alkanes) is 5. The zero-order valence-corrected chi connectivity index (χ0v) is 12.0. The van der Waals surface area contributed by atoms with Crippen LogP contribution < -0.4 is 0 Å². The van der Waals surface area contributed by atoms with Crippen LogP contribution in [0, 0.1) is 0 Å². The van der Waals surface area contributed by atoms with E-state index in [-0.39, 0.29) is 6.10 Å². The van der Waals surface area contributed by atoms with Gasteiger partial charge in [0.2, 0.25) is 0 Å². The maximum atomic E-state index is 9.74. The first-order valence-corrected chi connectivity index (χ1v) is 7.43. The van der Waals surface area contributed by atoms with Gasteiger partial charge in [-0.3, -0.25) is 0 Å². The fraction of sp³-hybridized carbons (Fsp3) is 0.647. The lowest BCUT2D eigenvalue weighted by Crippen LogP contribution is -2.05. The van der Waals surface area contributed by atoms with Gasteiger partial charge in [0, 0.05) is 0 Å². The van der Waals surface area contributed by atoms with E-state index in [1.807, 2.05) is 12.2 Å². The minimum Gasteiger partial charge on any atom is -0.393 e. The fourth-order valence-corrected chi connectivity index (χ4v) is 1.91. The minimum atomic E-state index is -0.0670. The Morgan fingerprint density at radius 2 is 1.67 bits per heavy atom. The molecule has 0 amide bonds. The summed E-state index contributed by atoms with van der Waals surface area (Å²) in [6, 6.07) is 0. The third-order valence-electron chi connectivity index (χ3n) is 3.04. The predicted octanol–water partition coefficient (Wildman–Crippen LogP) is 5.18. The summed E-state index contributed by atoms with van der Waals surface area (Å²) in [5, 5.41) is 9.74. The molecule has 0 fully saturated rings. The lowest BCUT2D eigenvalue weighted by molar-refractivity contribution is 0.147. The first-order chi connectivity index (χ1) is 8.81. The minimum absolute atomic E-state index is 0.0670. The Kier molecular flexibility index (Phi) is 13.6. The fourth-order valence-electron chi connectivity index (χ4n) is 1.91. The number of allylic oxidation sites excluding steroid dienone is 5. The Labute approximate surface area is 113 Å². The molecule has 1 nitrogen and oxygen atoms in total. The average Bonchev–Trinajstić information content (AvgIpc) is 2.37. The van der Waals surface area contributed by atoms with Crippen LogP contribution in [0.2, 0.25) is 0 Å². The van der Waals surface area contributed by atoms with Crippen LogP contribution in [0.4, 0.5) is 0 Å². The number of aliphatic hydroxyl groups excluding tert-OH is 1. The molecular formula is C17H30O. The van der Waals surface area contributed by atoms with Crippen molar-refractivity contribution in [1.29, 1.82) is 0 Å². The molecule has 0 aliphatic carbocycles. The van der Waals surface area contributed by atoms with E-state index in [2.05, 4.69) is 25.7 Å². The topological polar surface area (TPSA) is 20.2 Å². The molecule has 0 aliphatic rings. The molecule has 0 spiro atoms. The van der Waals surface area contributed by atoms with Gasteiger partial charge in [-0.2, -0.15) is 0 Å². The Hall–Kier alpha value is -0.820. The molecule has 1 N–H and O–H groups in total. The van der Waals surface area contributed by atoms with E-state index < -0.39 is 0 Å². The van der Waals surface area contributed by atoms with Gasteiger partial charge in [-0.05, 0) is 25.7 Å². The maximum absolute atomic E-state index is 9.74. The Morgan fingerprint density at radius 1 is 0.944 bits per heavy atom. The Balaban J connectivity index is 3.26. The van der Waals surface area contributed by atoms with Crippen LogP contribution in [0.15, 0.2) is 37.0 Å². The van der Waals surface area contributed by atoms with Gasteiger partial charge in [-0.1, -0.05) is 76.0 Å². The van der Waals surface area contributed by atoms with Gasteiger partial charge in [0.05, 0.1) is 6.10 Å². The molecule has 1 atom stereocenters. The first-order valence-electron chi connectivity index (χ1n) is 7.43. The SMILES string of the molecule is C=CC=CC=CCCCCCC(O)CCCCC. The van der Waals surface area contributed by atoms with Crippen molar-refractivity contribution < 1.29 is 5.11 Å². The van der Waals surface area contributed by atoms with Crippen LogP contribution in [0.5, 0.6) is 0 Å². The van der Waals surface area contributed by atoms with E-state index in [9.17, 15) is 5.11 Å². The molecule has 18 heavy (non-hydrogen) atoms. The van der Waals surface area contributed by atoms with E-state index in [0.29, 0.717) is 0 Å². The maximum Gasteiger partial charge on any atom is 0.0540 e. The van der Waals surface area contributed by atoms with Crippen LogP contribution in [-0.4, -0.2) is 11.2 Å². The van der Waals surface area contributed by atoms with Crippen LogP contribution in [-0.2, 0) is 0 Å². The van der Waals surface area contributed by atoms with Crippen molar-refractivity contribution in [3.05, 3.63) is 37.0 Å². The van der Waals surface area contributed by atoms with E-state index >= 15 is 0 Å². The highest BCUT2D eigenvalue weighted by molar-refractivity contribution is 5.08. The second-order valence-corrected chi connectivity index (χ2v) is 4.84. The van der Waals surface area contributed by atoms with E-state index in [0.717, 1.165) is 25.7 Å². The molecule has 104 valence electrons. The van der Waals surface area contributed by atoms with E-state index in [1.165, 1.54) is 32.1 Å². The monoisotopic (exact) mass is 250 g/mol. The highest BCUT2D eigenvalue weighted by atomic mass is 16.3. The highest BCUT2D eigenvalue weighted by Gasteiger charge is 2.02. The Bertz CT molecular complexity index is 228. The van der Waals surface area contributed by atoms with Crippen LogP contribution in [0.1, 0.15) is 64.7 Å². The molecule has 0 saturated carbocycles. The summed E-state index contributed by atoms with van der Waals surface area (Å²) >= 11 is 0. The molecular weight excluding hydrogens is 220 g/mol. The molecule has 0 bridgehead atoms. The number of aliphatic hydroxyl groups is 1. The van der Waals surface area contributed by atoms with E-state index in [1.54, 1.807) is 6.08 Å². The molecule has 1 unspecified atom stereocenters. The smallest absolute Gasteiger partial charge is 0.0540 e. The van der Waals surface area contributed by atoms with Gasteiger partial charge in [0.15, 0.2) is 0 Å². The van der Waals surface area contributed by atoms with E-state index in [4.69, 9.17) is 0 Å². The lowest BCUT2D eigenvalue weighted by Gasteiger charge is -2.09. The first kappa shape index (κ1) is 17.2. The van der Waals surface area contributed by atoms with Crippen molar-refractivity contribution in [2.45, 2.75) is 70.8 Å². The molecule has 0 aromatic rings. The molecule has 0 rings (SSSR count). The van der Waals surface area contributed by atoms with Crippen LogP contribution >= 0.6 is 0 Å². The molecule has 0 saturated heterocycles. The van der Waals surface area contributed by atoms with Crippen LogP contribution in [0.3, 0.4) is 0 Å². The van der Waals surface area contributed by atoms with Gasteiger partial charge < -0.3 is 5.11 Å².